The van der Waals surface area contributed by atoms with Crippen LogP contribution >= 0.6 is 12.2 Å². The first-order chi connectivity index (χ1) is 10.6. The van der Waals surface area contributed by atoms with Crippen LogP contribution in [0.3, 0.4) is 0 Å². The molecule has 0 aliphatic rings. The lowest BCUT2D eigenvalue weighted by molar-refractivity contribution is 0.451. The number of hydrogen-bond donors (Lipinski definition) is 3. The van der Waals surface area contributed by atoms with Gasteiger partial charge in [-0.05, 0) is 48.6 Å². The van der Waals surface area contributed by atoms with Crippen LogP contribution in [0.2, 0.25) is 0 Å². The van der Waals surface area contributed by atoms with Gasteiger partial charge >= 0.3 is 0 Å². The summed E-state index contributed by atoms with van der Waals surface area (Å²) in [7, 11) is 0. The molecule has 8 heteroatoms. The van der Waals surface area contributed by atoms with Crippen molar-refractivity contribution >= 4 is 23.6 Å². The van der Waals surface area contributed by atoms with Crippen LogP contribution in [0, 0.1) is 4.84 Å². The molecule has 3 N–H and O–H groups in total. The van der Waals surface area contributed by atoms with Gasteiger partial charge in [0, 0.05) is 11.6 Å². The van der Waals surface area contributed by atoms with E-state index in [2.05, 4.69) is 20.4 Å². The highest BCUT2D eigenvalue weighted by Crippen LogP contribution is 2.31. The van der Waals surface area contributed by atoms with Crippen molar-refractivity contribution in [3.8, 4) is 23.0 Å². The molecule has 110 valence electrons. The summed E-state index contributed by atoms with van der Waals surface area (Å²) in [4.78, 5) is 0.210. The van der Waals surface area contributed by atoms with Crippen LogP contribution < -0.4 is 0 Å². The average molecular weight is 314 g/mol. The van der Waals surface area contributed by atoms with Crippen molar-refractivity contribution in [2.75, 3.05) is 0 Å². The zero-order chi connectivity index (χ0) is 15.5. The van der Waals surface area contributed by atoms with Crippen LogP contribution in [0.4, 0.5) is 11.4 Å². The van der Waals surface area contributed by atoms with E-state index in [0.717, 1.165) is 5.56 Å². The zero-order valence-corrected chi connectivity index (χ0v) is 11.9. The Morgan fingerprint density at radius 2 is 1.82 bits per heavy atom. The van der Waals surface area contributed by atoms with Gasteiger partial charge in [-0.1, -0.05) is 0 Å². The summed E-state index contributed by atoms with van der Waals surface area (Å²) in [6.45, 7) is 0. The van der Waals surface area contributed by atoms with Crippen molar-refractivity contribution in [3.63, 3.8) is 0 Å². The van der Waals surface area contributed by atoms with Gasteiger partial charge in [0.05, 0.1) is 5.69 Å². The van der Waals surface area contributed by atoms with Crippen molar-refractivity contribution in [1.29, 1.82) is 0 Å². The van der Waals surface area contributed by atoms with Gasteiger partial charge in [-0.2, -0.15) is 5.11 Å². The van der Waals surface area contributed by atoms with Gasteiger partial charge in [-0.25, -0.2) is 5.10 Å². The number of nitrogens with one attached hydrogen (secondary N) is 1. The lowest BCUT2D eigenvalue weighted by Crippen LogP contribution is -1.76. The highest BCUT2D eigenvalue weighted by Gasteiger charge is 2.04. The highest BCUT2D eigenvalue weighted by molar-refractivity contribution is 7.71. The number of aromatic amines is 1. The number of phenols is 2. The van der Waals surface area contributed by atoms with Crippen molar-refractivity contribution in [3.05, 3.63) is 47.3 Å². The Morgan fingerprint density at radius 1 is 1.05 bits per heavy atom. The first-order valence-electron chi connectivity index (χ1n) is 6.21. The first-order valence-corrected chi connectivity index (χ1v) is 6.62. The maximum atomic E-state index is 9.62. The van der Waals surface area contributed by atoms with Gasteiger partial charge in [-0.15, -0.1) is 10.2 Å². The number of nitrogens with zero attached hydrogens (tertiary/aromatic N) is 3. The van der Waals surface area contributed by atoms with Crippen molar-refractivity contribution < 1.29 is 14.6 Å². The number of aromatic hydroxyl groups is 2. The van der Waals surface area contributed by atoms with Gasteiger partial charge < -0.3 is 14.6 Å². The van der Waals surface area contributed by atoms with E-state index >= 15 is 0 Å². The Labute approximate surface area is 129 Å². The number of azo groups is 1. The quantitative estimate of drug-likeness (QED) is 0.495. The van der Waals surface area contributed by atoms with Gasteiger partial charge in [0.1, 0.15) is 17.2 Å². The number of benzene rings is 2. The molecule has 0 atom stereocenters. The highest BCUT2D eigenvalue weighted by atomic mass is 32.1. The van der Waals surface area contributed by atoms with Crippen LogP contribution in [-0.4, -0.2) is 20.4 Å². The van der Waals surface area contributed by atoms with Gasteiger partial charge in [-0.3, -0.25) is 0 Å². The molecule has 0 aliphatic carbocycles. The monoisotopic (exact) mass is 314 g/mol. The fourth-order valence-electron chi connectivity index (χ4n) is 1.73. The molecule has 7 nitrogen and oxygen atoms in total. The summed E-state index contributed by atoms with van der Waals surface area (Å²) in [5, 5.41) is 33.2. The Morgan fingerprint density at radius 3 is 2.45 bits per heavy atom. The standard InChI is InChI=1S/C14H10N4O3S/c19-10-5-6-11(12(20)7-10)16-15-9-3-1-8(2-4-9)13-17-18-14(22)21-13/h1-7,19-20H,(H,18,22). The van der Waals surface area contributed by atoms with Crippen LogP contribution in [0.15, 0.2) is 57.1 Å². The molecular weight excluding hydrogens is 304 g/mol. The second kappa shape index (κ2) is 5.78. The van der Waals surface area contributed by atoms with E-state index in [4.69, 9.17) is 16.6 Å². The fourth-order valence-corrected chi connectivity index (χ4v) is 1.86. The minimum absolute atomic E-state index is 0.0373. The Bertz CT molecular complexity index is 884. The zero-order valence-electron chi connectivity index (χ0n) is 11.1. The van der Waals surface area contributed by atoms with E-state index in [9.17, 15) is 10.2 Å². The third-order valence-electron chi connectivity index (χ3n) is 2.78. The molecule has 0 radical (unpaired) electrons. The molecular formula is C14H10N4O3S. The normalized spacial score (nSPS) is 11.1. The number of hydrogen-bond acceptors (Lipinski definition) is 7. The van der Waals surface area contributed by atoms with Crippen LogP contribution in [0.25, 0.3) is 11.5 Å². The minimum Gasteiger partial charge on any atom is -0.508 e. The van der Waals surface area contributed by atoms with E-state index in [1.807, 2.05) is 0 Å². The molecule has 0 fully saturated rings. The van der Waals surface area contributed by atoms with E-state index in [1.165, 1.54) is 18.2 Å². The summed E-state index contributed by atoms with van der Waals surface area (Å²) in [5.41, 5.74) is 1.60. The Kier molecular flexibility index (Phi) is 3.67. The van der Waals surface area contributed by atoms with E-state index < -0.39 is 0 Å². The second-order valence-corrected chi connectivity index (χ2v) is 4.71. The number of rotatable bonds is 3. The third kappa shape index (κ3) is 3.01. The number of H-pyrrole nitrogens is 1. The first kappa shape index (κ1) is 14.0. The van der Waals surface area contributed by atoms with Gasteiger partial charge in [0.25, 0.3) is 4.84 Å². The van der Waals surface area contributed by atoms with Crippen molar-refractivity contribution in [1.82, 2.24) is 10.2 Å². The molecule has 0 amide bonds. The van der Waals surface area contributed by atoms with Crippen LogP contribution in [0.1, 0.15) is 0 Å². The van der Waals surface area contributed by atoms with Crippen molar-refractivity contribution in [2.45, 2.75) is 0 Å². The van der Waals surface area contributed by atoms with E-state index in [0.29, 0.717) is 11.6 Å². The minimum atomic E-state index is -0.145. The molecule has 0 saturated carbocycles. The maximum absolute atomic E-state index is 9.62. The van der Waals surface area contributed by atoms with Gasteiger partial charge in [0.15, 0.2) is 0 Å². The Hall–Kier alpha value is -3.00. The van der Waals surface area contributed by atoms with Gasteiger partial charge in [0.2, 0.25) is 5.89 Å². The fraction of sp³-hybridized carbons (Fsp3) is 0. The third-order valence-corrected chi connectivity index (χ3v) is 2.96. The largest absolute Gasteiger partial charge is 0.508 e. The molecule has 1 aromatic heterocycles. The van der Waals surface area contributed by atoms with E-state index in [1.54, 1.807) is 24.3 Å². The smallest absolute Gasteiger partial charge is 0.284 e. The summed E-state index contributed by atoms with van der Waals surface area (Å²) in [6, 6.07) is 11.1. The molecule has 0 saturated heterocycles. The lowest BCUT2D eigenvalue weighted by Gasteiger charge is -1.99. The van der Waals surface area contributed by atoms with Crippen molar-refractivity contribution in [2.24, 2.45) is 10.2 Å². The van der Waals surface area contributed by atoms with E-state index in [-0.39, 0.29) is 22.0 Å². The van der Waals surface area contributed by atoms with Crippen LogP contribution in [-0.2, 0) is 0 Å². The molecule has 3 aromatic rings. The van der Waals surface area contributed by atoms with Crippen LogP contribution in [0.5, 0.6) is 11.5 Å². The SMILES string of the molecule is Oc1ccc(N=Nc2ccc(-c3n[nH]c(=S)o3)cc2)c(O)c1. The molecule has 0 bridgehead atoms. The topological polar surface area (TPSA) is 107 Å². The summed E-state index contributed by atoms with van der Waals surface area (Å²) < 4.78 is 5.20. The predicted molar refractivity (Wildman–Crippen MR) is 81.1 cm³/mol. The maximum Gasteiger partial charge on any atom is 0.284 e. The molecule has 0 spiro atoms. The molecule has 3 rings (SSSR count). The lowest BCUT2D eigenvalue weighted by atomic mass is 10.2. The number of aromatic nitrogens is 2. The molecule has 2 aromatic carbocycles. The molecule has 0 unspecified atom stereocenters. The molecule has 1 heterocycles. The summed E-state index contributed by atoms with van der Waals surface area (Å²) in [6.07, 6.45) is 0. The molecule has 0 aliphatic heterocycles. The number of phenolic OH excluding ortho intramolecular Hbond substituents is 2. The second-order valence-electron chi connectivity index (χ2n) is 4.34. The average Bonchev–Trinajstić information content (AvgIpc) is 2.93. The Balaban J connectivity index is 1.81. The summed E-state index contributed by atoms with van der Waals surface area (Å²) in [5.74, 6) is 0.211. The predicted octanol–water partition coefficient (Wildman–Crippen LogP) is 4.23. The molecule has 22 heavy (non-hydrogen) atoms. The summed E-state index contributed by atoms with van der Waals surface area (Å²) >= 11 is 4.82.